The summed E-state index contributed by atoms with van der Waals surface area (Å²) in [6.45, 7) is 0. The SMILES string of the molecule is COc1cccc(/C=N\N=C/c2cccc(OC)c2O)c1O. The van der Waals surface area contributed by atoms with Crippen molar-refractivity contribution < 1.29 is 19.7 Å². The van der Waals surface area contributed by atoms with E-state index in [1.807, 2.05) is 0 Å². The number of aromatic hydroxyl groups is 2. The molecule has 0 aliphatic heterocycles. The molecule has 0 aliphatic rings. The number of para-hydroxylation sites is 2. The summed E-state index contributed by atoms with van der Waals surface area (Å²) in [5.41, 5.74) is 0.956. The normalized spacial score (nSPS) is 11.2. The number of nitrogens with zero attached hydrogens (tertiary/aromatic N) is 2. The second-order valence-corrected chi connectivity index (χ2v) is 4.29. The summed E-state index contributed by atoms with van der Waals surface area (Å²) in [6, 6.07) is 10.1. The van der Waals surface area contributed by atoms with Gasteiger partial charge in [0, 0.05) is 11.1 Å². The molecule has 22 heavy (non-hydrogen) atoms. The molecular weight excluding hydrogens is 284 g/mol. The smallest absolute Gasteiger partial charge is 0.166 e. The predicted molar refractivity (Wildman–Crippen MR) is 84.5 cm³/mol. The van der Waals surface area contributed by atoms with E-state index in [1.165, 1.54) is 26.6 Å². The molecule has 6 heteroatoms. The molecule has 0 aromatic heterocycles. The minimum Gasteiger partial charge on any atom is -0.504 e. The van der Waals surface area contributed by atoms with Crippen molar-refractivity contribution in [1.82, 2.24) is 0 Å². The summed E-state index contributed by atoms with van der Waals surface area (Å²) >= 11 is 0. The van der Waals surface area contributed by atoms with Gasteiger partial charge in [0.1, 0.15) is 0 Å². The van der Waals surface area contributed by atoms with Crippen LogP contribution in [0.2, 0.25) is 0 Å². The molecule has 2 N–H and O–H groups in total. The first kappa shape index (κ1) is 15.4. The number of hydrogen-bond acceptors (Lipinski definition) is 6. The fourth-order valence-corrected chi connectivity index (χ4v) is 1.81. The first-order valence-corrected chi connectivity index (χ1v) is 6.45. The van der Waals surface area contributed by atoms with Gasteiger partial charge < -0.3 is 19.7 Å². The molecule has 0 aliphatic carbocycles. The van der Waals surface area contributed by atoms with E-state index in [2.05, 4.69) is 10.2 Å². The number of ether oxygens (including phenoxy) is 2. The Hall–Kier alpha value is -3.02. The maximum Gasteiger partial charge on any atom is 0.166 e. The van der Waals surface area contributed by atoms with Crippen LogP contribution in [0.1, 0.15) is 11.1 Å². The summed E-state index contributed by atoms with van der Waals surface area (Å²) in [5.74, 6) is 0.707. The number of methoxy groups -OCH3 is 2. The van der Waals surface area contributed by atoms with Crippen LogP contribution in [0.25, 0.3) is 0 Å². The topological polar surface area (TPSA) is 83.6 Å². The van der Waals surface area contributed by atoms with Crippen molar-refractivity contribution in [3.63, 3.8) is 0 Å². The van der Waals surface area contributed by atoms with Crippen LogP contribution in [-0.2, 0) is 0 Å². The third-order valence-electron chi connectivity index (χ3n) is 2.96. The molecule has 0 spiro atoms. The molecule has 0 fully saturated rings. The van der Waals surface area contributed by atoms with Gasteiger partial charge in [-0.05, 0) is 24.3 Å². The average Bonchev–Trinajstić information content (AvgIpc) is 2.54. The van der Waals surface area contributed by atoms with Crippen molar-refractivity contribution >= 4 is 12.4 Å². The molecule has 2 aromatic rings. The third-order valence-corrected chi connectivity index (χ3v) is 2.96. The van der Waals surface area contributed by atoms with Gasteiger partial charge in [-0.3, -0.25) is 0 Å². The fraction of sp³-hybridized carbons (Fsp3) is 0.125. The number of rotatable bonds is 5. The average molecular weight is 300 g/mol. The zero-order valence-electron chi connectivity index (χ0n) is 12.2. The van der Waals surface area contributed by atoms with Crippen molar-refractivity contribution in [1.29, 1.82) is 0 Å². The third kappa shape index (κ3) is 3.35. The molecule has 0 amide bonds. The van der Waals surface area contributed by atoms with Crippen molar-refractivity contribution in [3.8, 4) is 23.0 Å². The molecule has 114 valence electrons. The molecule has 0 bridgehead atoms. The Morgan fingerprint density at radius 3 is 1.55 bits per heavy atom. The Balaban J connectivity index is 2.16. The van der Waals surface area contributed by atoms with Crippen molar-refractivity contribution in [2.24, 2.45) is 10.2 Å². The van der Waals surface area contributed by atoms with Gasteiger partial charge in [0.2, 0.25) is 0 Å². The van der Waals surface area contributed by atoms with Crippen molar-refractivity contribution in [2.75, 3.05) is 14.2 Å². The lowest BCUT2D eigenvalue weighted by atomic mass is 10.2. The molecule has 0 saturated carbocycles. The van der Waals surface area contributed by atoms with E-state index in [1.54, 1.807) is 36.4 Å². The standard InChI is InChI=1S/C16H16N2O4/c1-21-13-7-3-5-11(15(13)19)9-17-18-10-12-6-4-8-14(22-2)16(12)20/h3-10,19-20H,1-2H3/b17-9-,18-10-. The van der Waals surface area contributed by atoms with Gasteiger partial charge in [-0.1, -0.05) is 12.1 Å². The lowest BCUT2D eigenvalue weighted by Gasteiger charge is -2.04. The van der Waals surface area contributed by atoms with Crippen LogP contribution in [0.3, 0.4) is 0 Å². The highest BCUT2D eigenvalue weighted by molar-refractivity contribution is 5.87. The minimum absolute atomic E-state index is 0.00632. The summed E-state index contributed by atoms with van der Waals surface area (Å²) in [4.78, 5) is 0. The maximum atomic E-state index is 9.89. The first-order valence-electron chi connectivity index (χ1n) is 6.45. The second kappa shape index (κ2) is 7.12. The Kier molecular flexibility index (Phi) is 4.98. The van der Waals surface area contributed by atoms with E-state index in [-0.39, 0.29) is 11.5 Å². The van der Waals surface area contributed by atoms with Gasteiger partial charge in [0.25, 0.3) is 0 Å². The van der Waals surface area contributed by atoms with Gasteiger partial charge in [-0.15, -0.1) is 0 Å². The summed E-state index contributed by atoms with van der Waals surface area (Å²) < 4.78 is 10.0. The van der Waals surface area contributed by atoms with Crippen LogP contribution in [0, 0.1) is 0 Å². The van der Waals surface area contributed by atoms with Crippen LogP contribution < -0.4 is 9.47 Å². The highest BCUT2D eigenvalue weighted by atomic mass is 16.5. The van der Waals surface area contributed by atoms with Crippen LogP contribution in [0.15, 0.2) is 46.6 Å². The quantitative estimate of drug-likeness (QED) is 0.656. The van der Waals surface area contributed by atoms with E-state index in [9.17, 15) is 10.2 Å². The molecule has 2 rings (SSSR count). The molecule has 0 saturated heterocycles. The predicted octanol–water partition coefficient (Wildman–Crippen LogP) is 2.57. The molecule has 0 radical (unpaired) electrons. The largest absolute Gasteiger partial charge is 0.504 e. The summed E-state index contributed by atoms with van der Waals surface area (Å²) in [7, 11) is 2.94. The number of benzene rings is 2. The fourth-order valence-electron chi connectivity index (χ4n) is 1.81. The van der Waals surface area contributed by atoms with Gasteiger partial charge in [-0.25, -0.2) is 0 Å². The first-order chi connectivity index (χ1) is 10.7. The van der Waals surface area contributed by atoms with Gasteiger partial charge in [0.05, 0.1) is 26.6 Å². The number of phenolic OH excluding ortho intramolecular Hbond substituents is 2. The molecule has 0 heterocycles. The summed E-state index contributed by atoms with van der Waals surface area (Å²) in [6.07, 6.45) is 2.79. The van der Waals surface area contributed by atoms with Gasteiger partial charge in [-0.2, -0.15) is 10.2 Å². The minimum atomic E-state index is -0.00632. The lowest BCUT2D eigenvalue weighted by Crippen LogP contribution is -1.89. The van der Waals surface area contributed by atoms with Crippen LogP contribution >= 0.6 is 0 Å². The van der Waals surface area contributed by atoms with E-state index in [0.29, 0.717) is 22.6 Å². The maximum absolute atomic E-state index is 9.89. The van der Waals surface area contributed by atoms with E-state index in [4.69, 9.17) is 9.47 Å². The van der Waals surface area contributed by atoms with Gasteiger partial charge >= 0.3 is 0 Å². The Bertz CT molecular complexity index is 650. The Morgan fingerprint density at radius 1 is 0.773 bits per heavy atom. The van der Waals surface area contributed by atoms with Gasteiger partial charge in [0.15, 0.2) is 23.0 Å². The Morgan fingerprint density at radius 2 is 1.18 bits per heavy atom. The second-order valence-electron chi connectivity index (χ2n) is 4.29. The lowest BCUT2D eigenvalue weighted by molar-refractivity contribution is 0.373. The molecule has 0 atom stereocenters. The van der Waals surface area contributed by atoms with E-state index >= 15 is 0 Å². The Labute approximate surface area is 128 Å². The highest BCUT2D eigenvalue weighted by Crippen LogP contribution is 2.29. The van der Waals surface area contributed by atoms with E-state index < -0.39 is 0 Å². The zero-order chi connectivity index (χ0) is 15.9. The highest BCUT2D eigenvalue weighted by Gasteiger charge is 2.05. The van der Waals surface area contributed by atoms with Crippen molar-refractivity contribution in [2.45, 2.75) is 0 Å². The summed E-state index contributed by atoms with van der Waals surface area (Å²) in [5, 5.41) is 27.5. The molecule has 2 aromatic carbocycles. The van der Waals surface area contributed by atoms with Crippen LogP contribution in [0.4, 0.5) is 0 Å². The molecule has 6 nitrogen and oxygen atoms in total. The van der Waals surface area contributed by atoms with E-state index in [0.717, 1.165) is 0 Å². The number of hydrogen-bond donors (Lipinski definition) is 2. The van der Waals surface area contributed by atoms with Crippen LogP contribution in [-0.4, -0.2) is 36.9 Å². The zero-order valence-corrected chi connectivity index (χ0v) is 12.2. The number of phenols is 2. The monoisotopic (exact) mass is 300 g/mol. The molecule has 0 unspecified atom stereocenters. The molecular formula is C16H16N2O4. The van der Waals surface area contributed by atoms with Crippen LogP contribution in [0.5, 0.6) is 23.0 Å². The van der Waals surface area contributed by atoms with Crippen molar-refractivity contribution in [3.05, 3.63) is 47.5 Å².